The summed E-state index contributed by atoms with van der Waals surface area (Å²) in [5.74, 6) is 1.88. The second kappa shape index (κ2) is 11.0. The fraction of sp³-hybridized carbons (Fsp3) is 0.462. The average molecular weight is 493 g/mol. The van der Waals surface area contributed by atoms with Gasteiger partial charge in [-0.15, -0.1) is 0 Å². The highest BCUT2D eigenvalue weighted by Crippen LogP contribution is 2.30. The smallest absolute Gasteiger partial charge is 0.270 e. The number of fused-ring (bicyclic) bond motifs is 1. The van der Waals surface area contributed by atoms with Crippen LogP contribution in [0.4, 0.5) is 5.82 Å². The summed E-state index contributed by atoms with van der Waals surface area (Å²) in [6.07, 6.45) is 8.09. The van der Waals surface area contributed by atoms with Crippen molar-refractivity contribution in [2.24, 2.45) is 0 Å². The number of anilines is 1. The van der Waals surface area contributed by atoms with Crippen molar-refractivity contribution in [3.8, 4) is 5.75 Å². The van der Waals surface area contributed by atoms with Crippen molar-refractivity contribution in [2.45, 2.75) is 57.9 Å². The number of amides is 1. The predicted molar refractivity (Wildman–Crippen MR) is 133 cm³/mol. The third kappa shape index (κ3) is 5.83. The second-order valence-electron chi connectivity index (χ2n) is 9.49. The van der Waals surface area contributed by atoms with Crippen LogP contribution in [0.1, 0.15) is 52.2 Å². The lowest BCUT2D eigenvalue weighted by atomic mass is 9.93. The van der Waals surface area contributed by atoms with E-state index in [4.69, 9.17) is 9.15 Å². The normalized spacial score (nSPS) is 16.6. The number of benzene rings is 1. The molecule has 36 heavy (non-hydrogen) atoms. The molecule has 0 radical (unpaired) electrons. The van der Waals surface area contributed by atoms with E-state index in [9.17, 15) is 9.90 Å². The van der Waals surface area contributed by atoms with Crippen LogP contribution in [-0.4, -0.2) is 62.6 Å². The van der Waals surface area contributed by atoms with Gasteiger partial charge in [0.1, 0.15) is 30.2 Å². The van der Waals surface area contributed by atoms with Gasteiger partial charge in [-0.05, 0) is 55.4 Å². The first-order valence-corrected chi connectivity index (χ1v) is 12.4. The summed E-state index contributed by atoms with van der Waals surface area (Å²) in [6.45, 7) is 4.62. The Balaban J connectivity index is 1.10. The summed E-state index contributed by atoms with van der Waals surface area (Å²) in [4.78, 5) is 26.9. The van der Waals surface area contributed by atoms with Gasteiger partial charge in [0.25, 0.3) is 5.91 Å². The molecule has 5 rings (SSSR count). The topological polar surface area (TPSA) is 126 Å². The Bertz CT molecular complexity index is 1180. The first-order chi connectivity index (χ1) is 17.5. The van der Waals surface area contributed by atoms with Crippen molar-refractivity contribution in [1.82, 2.24) is 25.2 Å². The van der Waals surface area contributed by atoms with Crippen LogP contribution in [0.3, 0.4) is 0 Å². The lowest BCUT2D eigenvalue weighted by molar-refractivity contribution is 0.0837. The number of carbonyl (C=O) groups is 1. The van der Waals surface area contributed by atoms with Crippen LogP contribution in [0.2, 0.25) is 0 Å². The van der Waals surface area contributed by atoms with Crippen molar-refractivity contribution in [1.29, 1.82) is 0 Å². The molecule has 2 aliphatic rings. The molecular weight excluding hydrogens is 460 g/mol. The monoisotopic (exact) mass is 492 g/mol. The average Bonchev–Trinajstić information content (AvgIpc) is 3.38. The van der Waals surface area contributed by atoms with E-state index < -0.39 is 6.10 Å². The molecule has 1 saturated carbocycles. The summed E-state index contributed by atoms with van der Waals surface area (Å²) < 4.78 is 11.2. The standard InChI is InChI=1S/C26H32N6O4/c1-17-22-7-8-32(12-18(22)5-6-24(17)35-14-21-11-27-16-36-21)13-20(33)10-28-26(34)23-9-25(30-15-29-23)31-19-3-2-4-19/h5-6,9,11,15-16,19-20,33H,2-4,7-8,10,12-14H2,1H3,(H,28,34)(H,29,30,31). The zero-order valence-electron chi connectivity index (χ0n) is 20.4. The number of ether oxygens (including phenoxy) is 1. The van der Waals surface area contributed by atoms with Gasteiger partial charge in [0.05, 0.1) is 12.3 Å². The highest BCUT2D eigenvalue weighted by atomic mass is 16.5. The molecule has 10 heteroatoms. The maximum Gasteiger partial charge on any atom is 0.270 e. The predicted octanol–water partition coefficient (Wildman–Crippen LogP) is 2.47. The molecule has 1 aromatic carbocycles. The van der Waals surface area contributed by atoms with Gasteiger partial charge in [-0.1, -0.05) is 6.07 Å². The Morgan fingerprint density at radius 3 is 3.00 bits per heavy atom. The zero-order valence-corrected chi connectivity index (χ0v) is 20.4. The fourth-order valence-electron chi connectivity index (χ4n) is 4.64. The number of nitrogens with one attached hydrogen (secondary N) is 2. The SMILES string of the molecule is Cc1c(OCc2cnco2)ccc2c1CCN(CC(O)CNC(=O)c1cc(NC3CCC3)ncn1)C2. The largest absolute Gasteiger partial charge is 0.485 e. The second-order valence-corrected chi connectivity index (χ2v) is 9.49. The molecule has 3 heterocycles. The van der Waals surface area contributed by atoms with E-state index in [1.807, 2.05) is 6.07 Å². The highest BCUT2D eigenvalue weighted by molar-refractivity contribution is 5.92. The van der Waals surface area contributed by atoms with Crippen molar-refractivity contribution in [2.75, 3.05) is 25.0 Å². The molecular formula is C26H32N6O4. The van der Waals surface area contributed by atoms with Crippen molar-refractivity contribution in [3.63, 3.8) is 0 Å². The Labute approximate surface area is 210 Å². The number of aliphatic hydroxyl groups is 1. The molecule has 1 atom stereocenters. The molecule has 0 bridgehead atoms. The summed E-state index contributed by atoms with van der Waals surface area (Å²) in [5.41, 5.74) is 3.95. The van der Waals surface area contributed by atoms with Crippen LogP contribution < -0.4 is 15.4 Å². The molecule has 0 saturated heterocycles. The minimum atomic E-state index is -0.685. The maximum absolute atomic E-state index is 12.5. The van der Waals surface area contributed by atoms with Crippen LogP contribution in [0.5, 0.6) is 5.75 Å². The molecule has 3 N–H and O–H groups in total. The van der Waals surface area contributed by atoms with E-state index in [0.717, 1.165) is 43.7 Å². The lowest BCUT2D eigenvalue weighted by Crippen LogP contribution is -2.42. The van der Waals surface area contributed by atoms with E-state index in [2.05, 4.69) is 43.5 Å². The van der Waals surface area contributed by atoms with Gasteiger partial charge in [-0.3, -0.25) is 9.69 Å². The number of carbonyl (C=O) groups excluding carboxylic acids is 1. The van der Waals surface area contributed by atoms with Gasteiger partial charge < -0.3 is 24.9 Å². The third-order valence-electron chi connectivity index (χ3n) is 6.90. The summed E-state index contributed by atoms with van der Waals surface area (Å²) in [6, 6.07) is 6.16. The summed E-state index contributed by atoms with van der Waals surface area (Å²) >= 11 is 0. The minimum Gasteiger partial charge on any atom is -0.485 e. The Morgan fingerprint density at radius 2 is 2.22 bits per heavy atom. The molecule has 3 aromatic rings. The van der Waals surface area contributed by atoms with Crippen LogP contribution in [0.25, 0.3) is 0 Å². The van der Waals surface area contributed by atoms with E-state index in [1.165, 1.54) is 30.3 Å². The number of hydrogen-bond acceptors (Lipinski definition) is 9. The molecule has 1 amide bonds. The third-order valence-corrected chi connectivity index (χ3v) is 6.90. The minimum absolute atomic E-state index is 0.158. The van der Waals surface area contributed by atoms with Crippen molar-refractivity contribution < 1.29 is 19.1 Å². The van der Waals surface area contributed by atoms with Crippen molar-refractivity contribution in [3.05, 3.63) is 65.3 Å². The number of rotatable bonds is 10. The van der Waals surface area contributed by atoms with Crippen LogP contribution in [-0.2, 0) is 19.6 Å². The van der Waals surface area contributed by atoms with Gasteiger partial charge >= 0.3 is 0 Å². The molecule has 1 unspecified atom stereocenters. The molecule has 1 fully saturated rings. The molecule has 10 nitrogen and oxygen atoms in total. The summed E-state index contributed by atoms with van der Waals surface area (Å²) in [5, 5.41) is 16.7. The number of β-amino-alcohol motifs (C(OH)–C–C–N with tert-alkyl or cyclic N) is 1. The number of hydrogen-bond donors (Lipinski definition) is 3. The Hall–Kier alpha value is -3.50. The fourth-order valence-corrected chi connectivity index (χ4v) is 4.64. The highest BCUT2D eigenvalue weighted by Gasteiger charge is 2.22. The summed E-state index contributed by atoms with van der Waals surface area (Å²) in [7, 11) is 0. The van der Waals surface area contributed by atoms with Crippen LogP contribution in [0.15, 0.2) is 41.5 Å². The van der Waals surface area contributed by atoms with E-state index in [0.29, 0.717) is 36.5 Å². The van der Waals surface area contributed by atoms with Gasteiger partial charge in [-0.25, -0.2) is 15.0 Å². The quantitative estimate of drug-likeness (QED) is 0.391. The maximum atomic E-state index is 12.5. The van der Waals surface area contributed by atoms with Gasteiger partial charge in [0, 0.05) is 38.3 Å². The zero-order chi connectivity index (χ0) is 24.9. The van der Waals surface area contributed by atoms with Crippen LogP contribution >= 0.6 is 0 Å². The number of oxazole rings is 1. The molecule has 1 aliphatic carbocycles. The molecule has 2 aromatic heterocycles. The Morgan fingerprint density at radius 1 is 1.33 bits per heavy atom. The van der Waals surface area contributed by atoms with Gasteiger partial charge in [0.15, 0.2) is 12.2 Å². The Kier molecular flexibility index (Phi) is 7.43. The van der Waals surface area contributed by atoms with Crippen LogP contribution in [0, 0.1) is 6.92 Å². The first kappa shape index (κ1) is 24.2. The van der Waals surface area contributed by atoms with E-state index >= 15 is 0 Å². The molecule has 1 aliphatic heterocycles. The van der Waals surface area contributed by atoms with Crippen molar-refractivity contribution >= 4 is 11.7 Å². The number of nitrogens with zero attached hydrogens (tertiary/aromatic N) is 4. The molecule has 0 spiro atoms. The van der Waals surface area contributed by atoms with Gasteiger partial charge in [0.2, 0.25) is 0 Å². The van der Waals surface area contributed by atoms with E-state index in [-0.39, 0.29) is 12.5 Å². The first-order valence-electron chi connectivity index (χ1n) is 12.4. The number of aromatic nitrogens is 3. The van der Waals surface area contributed by atoms with E-state index in [1.54, 1.807) is 12.3 Å². The molecule has 190 valence electrons. The lowest BCUT2D eigenvalue weighted by Gasteiger charge is -2.31. The van der Waals surface area contributed by atoms with Gasteiger partial charge in [-0.2, -0.15) is 0 Å². The number of aliphatic hydroxyl groups excluding tert-OH is 1.